The predicted octanol–water partition coefficient (Wildman–Crippen LogP) is 0.103. The number of nitriles is 1. The van der Waals surface area contributed by atoms with E-state index in [1.807, 2.05) is 4.90 Å². The number of methoxy groups -OCH3 is 2. The second kappa shape index (κ2) is 9.58. The van der Waals surface area contributed by atoms with Gasteiger partial charge in [0.25, 0.3) is 0 Å². The average molecular weight is 425 g/mol. The number of ether oxygens (including phenoxy) is 2. The zero-order chi connectivity index (χ0) is 20.9. The molecule has 0 saturated carbocycles. The fraction of sp³-hybridized carbons (Fsp3) is 0.667. The standard InChI is InChI=1S/C18H28N6O4S/c1-27-11-9-22(10-12-28-2)18-13-16(3-5-20-18)23-7-8-24(29(23,25)26)17-4-6-21(14-17)15-19/h3,5,13,17H,4,6-12,14H2,1-2H3. The van der Waals surface area contributed by atoms with Crippen LogP contribution in [0.15, 0.2) is 18.3 Å². The predicted molar refractivity (Wildman–Crippen MR) is 109 cm³/mol. The molecule has 3 rings (SSSR count). The first-order chi connectivity index (χ1) is 14.0. The van der Waals surface area contributed by atoms with Crippen LogP contribution in [0, 0.1) is 11.5 Å². The second-order valence-electron chi connectivity index (χ2n) is 7.02. The number of nitrogens with zero attached hydrogens (tertiary/aromatic N) is 6. The minimum absolute atomic E-state index is 0.161. The zero-order valence-electron chi connectivity index (χ0n) is 16.9. The van der Waals surface area contributed by atoms with Crippen LogP contribution in [0.25, 0.3) is 0 Å². The van der Waals surface area contributed by atoms with Crippen molar-refractivity contribution in [3.8, 4) is 6.19 Å². The fourth-order valence-corrected chi connectivity index (χ4v) is 5.53. The van der Waals surface area contributed by atoms with Gasteiger partial charge in [0.15, 0.2) is 6.19 Å². The van der Waals surface area contributed by atoms with Crippen LogP contribution in [0.2, 0.25) is 0 Å². The van der Waals surface area contributed by atoms with Gasteiger partial charge in [-0.2, -0.15) is 18.0 Å². The van der Waals surface area contributed by atoms with Crippen LogP contribution in [-0.4, -0.2) is 95.4 Å². The third-order valence-corrected chi connectivity index (χ3v) is 7.31. The van der Waals surface area contributed by atoms with E-state index >= 15 is 0 Å². The minimum Gasteiger partial charge on any atom is -0.383 e. The number of hydrogen-bond donors (Lipinski definition) is 0. The van der Waals surface area contributed by atoms with Crippen molar-refractivity contribution in [3.05, 3.63) is 18.3 Å². The summed E-state index contributed by atoms with van der Waals surface area (Å²) in [6.07, 6.45) is 4.40. The largest absolute Gasteiger partial charge is 0.383 e. The summed E-state index contributed by atoms with van der Waals surface area (Å²) in [7, 11) is -0.359. The van der Waals surface area contributed by atoms with E-state index in [0.717, 1.165) is 0 Å². The summed E-state index contributed by atoms with van der Waals surface area (Å²) < 4.78 is 39.7. The van der Waals surface area contributed by atoms with Crippen molar-refractivity contribution in [2.24, 2.45) is 0 Å². The lowest BCUT2D eigenvalue weighted by atomic mass is 10.2. The highest BCUT2D eigenvalue weighted by molar-refractivity contribution is 7.90. The van der Waals surface area contributed by atoms with Gasteiger partial charge in [0.05, 0.1) is 18.9 Å². The van der Waals surface area contributed by atoms with Crippen LogP contribution in [0.3, 0.4) is 0 Å². The Labute approximate surface area is 172 Å². The van der Waals surface area contributed by atoms with Crippen LogP contribution in [0.5, 0.6) is 0 Å². The van der Waals surface area contributed by atoms with Gasteiger partial charge in [0.1, 0.15) is 5.82 Å². The van der Waals surface area contributed by atoms with Gasteiger partial charge in [-0.15, -0.1) is 0 Å². The first-order valence-corrected chi connectivity index (χ1v) is 11.0. The molecule has 0 radical (unpaired) electrons. The quantitative estimate of drug-likeness (QED) is 0.515. The maximum absolute atomic E-state index is 13.2. The molecule has 0 aliphatic carbocycles. The molecular weight excluding hydrogens is 396 g/mol. The van der Waals surface area contributed by atoms with Gasteiger partial charge >= 0.3 is 10.2 Å². The molecule has 29 heavy (non-hydrogen) atoms. The van der Waals surface area contributed by atoms with Crippen molar-refractivity contribution in [2.45, 2.75) is 12.5 Å². The van der Waals surface area contributed by atoms with Crippen LogP contribution < -0.4 is 9.21 Å². The fourth-order valence-electron chi connectivity index (χ4n) is 3.73. The van der Waals surface area contributed by atoms with Crippen LogP contribution in [0.4, 0.5) is 11.5 Å². The molecule has 2 saturated heterocycles. The normalized spacial score (nSPS) is 21.5. The molecule has 0 N–H and O–H groups in total. The number of anilines is 2. The van der Waals surface area contributed by atoms with Crippen molar-refractivity contribution >= 4 is 21.7 Å². The van der Waals surface area contributed by atoms with Gasteiger partial charge in [0.2, 0.25) is 0 Å². The SMILES string of the molecule is COCCN(CCOC)c1cc(N2CCN(C3CCN(C#N)C3)S2(=O)=O)ccn1. The smallest absolute Gasteiger partial charge is 0.304 e. The molecule has 1 unspecified atom stereocenters. The second-order valence-corrected chi connectivity index (χ2v) is 8.83. The Bertz CT molecular complexity index is 822. The Balaban J connectivity index is 1.78. The Morgan fingerprint density at radius 2 is 1.97 bits per heavy atom. The van der Waals surface area contributed by atoms with Crippen LogP contribution >= 0.6 is 0 Å². The number of likely N-dealkylation sites (tertiary alicyclic amines) is 1. The van der Waals surface area contributed by atoms with E-state index in [0.29, 0.717) is 70.4 Å². The van der Waals surface area contributed by atoms with E-state index in [1.165, 1.54) is 8.61 Å². The zero-order valence-corrected chi connectivity index (χ0v) is 17.7. The van der Waals surface area contributed by atoms with Gasteiger partial charge in [-0.25, -0.2) is 4.98 Å². The molecule has 11 heteroatoms. The van der Waals surface area contributed by atoms with Crippen LogP contribution in [0.1, 0.15) is 6.42 Å². The number of hydrogen-bond acceptors (Lipinski definition) is 8. The van der Waals surface area contributed by atoms with E-state index in [2.05, 4.69) is 11.2 Å². The van der Waals surface area contributed by atoms with E-state index < -0.39 is 10.2 Å². The maximum Gasteiger partial charge on any atom is 0.304 e. The molecule has 0 amide bonds. The summed E-state index contributed by atoms with van der Waals surface area (Å²) in [5.41, 5.74) is 0.590. The Morgan fingerprint density at radius 1 is 1.24 bits per heavy atom. The molecule has 1 atom stereocenters. The minimum atomic E-state index is -3.64. The average Bonchev–Trinajstić information content (AvgIpc) is 3.31. The Kier molecular flexibility index (Phi) is 7.13. The van der Waals surface area contributed by atoms with Gasteiger partial charge < -0.3 is 19.3 Å². The van der Waals surface area contributed by atoms with Crippen molar-refractivity contribution in [1.29, 1.82) is 5.26 Å². The third kappa shape index (κ3) is 4.72. The summed E-state index contributed by atoms with van der Waals surface area (Å²) in [5.74, 6) is 0.682. The lowest BCUT2D eigenvalue weighted by molar-refractivity contribution is 0.190. The lowest BCUT2D eigenvalue weighted by Gasteiger charge is -2.26. The molecule has 160 valence electrons. The molecule has 1 aromatic rings. The molecule has 10 nitrogen and oxygen atoms in total. The van der Waals surface area contributed by atoms with Crippen molar-refractivity contribution in [3.63, 3.8) is 0 Å². The highest BCUT2D eigenvalue weighted by atomic mass is 32.2. The molecule has 2 aliphatic heterocycles. The van der Waals surface area contributed by atoms with Crippen molar-refractivity contribution in [2.75, 3.05) is 75.9 Å². The monoisotopic (exact) mass is 424 g/mol. The Morgan fingerprint density at radius 3 is 2.59 bits per heavy atom. The topological polar surface area (TPSA) is 102 Å². The summed E-state index contributed by atoms with van der Waals surface area (Å²) in [5, 5.41) is 9.06. The van der Waals surface area contributed by atoms with E-state index in [4.69, 9.17) is 14.7 Å². The molecule has 2 aliphatic rings. The molecular formula is C18H28N6O4S. The number of pyridine rings is 1. The molecule has 0 bridgehead atoms. The highest BCUT2D eigenvalue weighted by Crippen LogP contribution is 2.30. The lowest BCUT2D eigenvalue weighted by Crippen LogP contribution is -2.41. The first-order valence-electron chi connectivity index (χ1n) is 9.64. The first kappa shape index (κ1) is 21.6. The van der Waals surface area contributed by atoms with Gasteiger partial charge in [-0.1, -0.05) is 0 Å². The molecule has 1 aromatic heterocycles. The van der Waals surface area contributed by atoms with Gasteiger partial charge in [0, 0.05) is 71.8 Å². The highest BCUT2D eigenvalue weighted by Gasteiger charge is 2.43. The molecule has 0 aromatic carbocycles. The number of aromatic nitrogens is 1. The summed E-state index contributed by atoms with van der Waals surface area (Å²) in [6, 6.07) is 3.35. The molecule has 2 fully saturated rings. The van der Waals surface area contributed by atoms with Gasteiger partial charge in [-0.05, 0) is 12.5 Å². The summed E-state index contributed by atoms with van der Waals surface area (Å²) in [4.78, 5) is 8.04. The molecule has 0 spiro atoms. The van der Waals surface area contributed by atoms with E-state index in [9.17, 15) is 8.42 Å². The summed E-state index contributed by atoms with van der Waals surface area (Å²) in [6.45, 7) is 4.16. The Hall–Kier alpha value is -2.13. The van der Waals surface area contributed by atoms with Crippen molar-refractivity contribution < 1.29 is 17.9 Å². The van der Waals surface area contributed by atoms with Gasteiger partial charge in [-0.3, -0.25) is 4.31 Å². The van der Waals surface area contributed by atoms with E-state index in [1.54, 1.807) is 37.4 Å². The number of rotatable bonds is 9. The summed E-state index contributed by atoms with van der Waals surface area (Å²) >= 11 is 0. The van der Waals surface area contributed by atoms with Crippen molar-refractivity contribution in [1.82, 2.24) is 14.2 Å². The van der Waals surface area contributed by atoms with Crippen LogP contribution in [-0.2, 0) is 19.7 Å². The van der Waals surface area contributed by atoms with E-state index in [-0.39, 0.29) is 6.04 Å². The molecule has 3 heterocycles. The third-order valence-electron chi connectivity index (χ3n) is 5.28. The maximum atomic E-state index is 13.2.